The summed E-state index contributed by atoms with van der Waals surface area (Å²) in [5, 5.41) is 12.0. The molecule has 1 aliphatic rings. The molecule has 1 atom stereocenters. The molecule has 1 unspecified atom stereocenters. The first-order valence-corrected chi connectivity index (χ1v) is 4.34. The van der Waals surface area contributed by atoms with E-state index in [9.17, 15) is 4.79 Å². The van der Waals surface area contributed by atoms with Gasteiger partial charge in [0.2, 0.25) is 0 Å². The lowest BCUT2D eigenvalue weighted by molar-refractivity contribution is -0.147. The molecule has 0 radical (unpaired) electrons. The summed E-state index contributed by atoms with van der Waals surface area (Å²) < 4.78 is 0. The van der Waals surface area contributed by atoms with E-state index in [4.69, 9.17) is 16.7 Å². The highest BCUT2D eigenvalue weighted by Gasteiger charge is 2.39. The van der Waals surface area contributed by atoms with Gasteiger partial charge < -0.3 is 10.4 Å². The first kappa shape index (κ1) is 9.55. The highest BCUT2D eigenvalue weighted by atomic mass is 35.5. The Balaban J connectivity index is 2.65. The number of carboxylic acids is 1. The molecule has 1 aliphatic heterocycles. The van der Waals surface area contributed by atoms with E-state index in [1.165, 1.54) is 5.54 Å². The van der Waals surface area contributed by atoms with E-state index >= 15 is 0 Å². The molecule has 4 heteroatoms. The fraction of sp³-hybridized carbons (Fsp3) is 0.625. The van der Waals surface area contributed by atoms with Crippen molar-refractivity contribution in [3.05, 3.63) is 11.6 Å². The Kier molecular flexibility index (Phi) is 3.12. The number of nitrogens with one attached hydrogen (secondary N) is 1. The molecule has 2 N–H and O–H groups in total. The van der Waals surface area contributed by atoms with Crippen LogP contribution < -0.4 is 5.32 Å². The fourth-order valence-corrected chi connectivity index (χ4v) is 1.55. The molecule has 3 nitrogen and oxygen atoms in total. The first-order valence-electron chi connectivity index (χ1n) is 3.91. The predicted molar refractivity (Wildman–Crippen MR) is 47.2 cm³/mol. The van der Waals surface area contributed by atoms with Gasteiger partial charge in [-0.15, -0.1) is 0 Å². The van der Waals surface area contributed by atoms with Crippen LogP contribution in [-0.4, -0.2) is 24.2 Å². The van der Waals surface area contributed by atoms with E-state index in [0.717, 1.165) is 6.54 Å². The number of carboxylic acid groups (broad SMARTS) is 1. The van der Waals surface area contributed by atoms with Gasteiger partial charge in [0, 0.05) is 12.1 Å². The second kappa shape index (κ2) is 3.92. The van der Waals surface area contributed by atoms with Crippen LogP contribution in [0.3, 0.4) is 0 Å². The minimum Gasteiger partial charge on any atom is -0.481 e. The second-order valence-corrected chi connectivity index (χ2v) is 3.33. The van der Waals surface area contributed by atoms with Gasteiger partial charge in [0.15, 0.2) is 0 Å². The maximum atomic E-state index is 10.9. The molecular formula is C8H12ClNO2. The van der Waals surface area contributed by atoms with Crippen molar-refractivity contribution < 1.29 is 9.90 Å². The summed E-state index contributed by atoms with van der Waals surface area (Å²) in [6.07, 6.45) is 2.89. The summed E-state index contributed by atoms with van der Waals surface area (Å²) in [6.45, 7) is 1.33. The minimum atomic E-state index is -0.734. The second-order valence-electron chi connectivity index (χ2n) is 3.08. The van der Waals surface area contributed by atoms with Crippen molar-refractivity contribution >= 4 is 17.6 Å². The van der Waals surface area contributed by atoms with Crippen molar-refractivity contribution in [2.75, 3.05) is 13.1 Å². The van der Waals surface area contributed by atoms with Gasteiger partial charge in [0.05, 0.1) is 5.41 Å². The third-order valence-electron chi connectivity index (χ3n) is 2.30. The van der Waals surface area contributed by atoms with Gasteiger partial charge in [-0.3, -0.25) is 4.79 Å². The normalized spacial score (nSPS) is 29.8. The van der Waals surface area contributed by atoms with Gasteiger partial charge in [0.1, 0.15) is 0 Å². The Labute approximate surface area is 76.4 Å². The maximum absolute atomic E-state index is 10.9. The monoisotopic (exact) mass is 189 g/mol. The van der Waals surface area contributed by atoms with Crippen molar-refractivity contribution in [2.24, 2.45) is 5.41 Å². The molecule has 0 spiro atoms. The summed E-state index contributed by atoms with van der Waals surface area (Å²) in [6, 6.07) is 0. The molecule has 0 aromatic heterocycles. The molecule has 0 bridgehead atoms. The summed E-state index contributed by atoms with van der Waals surface area (Å²) in [5.41, 5.74) is 0.758. The molecule has 0 amide bonds. The molecule has 0 aliphatic carbocycles. The topological polar surface area (TPSA) is 49.3 Å². The Morgan fingerprint density at radius 3 is 2.92 bits per heavy atom. The molecule has 1 saturated heterocycles. The van der Waals surface area contributed by atoms with E-state index in [0.29, 0.717) is 19.4 Å². The molecule has 68 valence electrons. The molecular weight excluding hydrogens is 178 g/mol. The first-order chi connectivity index (χ1) is 5.71. The van der Waals surface area contributed by atoms with Gasteiger partial charge in [-0.2, -0.15) is 0 Å². The van der Waals surface area contributed by atoms with Crippen molar-refractivity contribution in [1.82, 2.24) is 5.32 Å². The maximum Gasteiger partial charge on any atom is 0.311 e. The zero-order valence-electron chi connectivity index (χ0n) is 6.72. The van der Waals surface area contributed by atoms with Gasteiger partial charge in [-0.1, -0.05) is 17.7 Å². The van der Waals surface area contributed by atoms with E-state index in [1.807, 2.05) is 0 Å². The van der Waals surface area contributed by atoms with E-state index in [1.54, 1.807) is 6.08 Å². The average Bonchev–Trinajstić information content (AvgIpc) is 2.50. The molecule has 1 rings (SSSR count). The zero-order valence-corrected chi connectivity index (χ0v) is 7.47. The SMILES string of the molecule is O=C(O)C1(C/C=C/Cl)CCNC1. The summed E-state index contributed by atoms with van der Waals surface area (Å²) in [7, 11) is 0. The molecule has 0 aromatic rings. The lowest BCUT2D eigenvalue weighted by atomic mass is 9.84. The largest absolute Gasteiger partial charge is 0.481 e. The predicted octanol–water partition coefficient (Wildman–Crippen LogP) is 1.19. The Bertz CT molecular complexity index is 197. The molecule has 12 heavy (non-hydrogen) atoms. The number of aliphatic carboxylic acids is 1. The van der Waals surface area contributed by atoms with Crippen LogP contribution in [0.4, 0.5) is 0 Å². The number of hydrogen-bond donors (Lipinski definition) is 2. The van der Waals surface area contributed by atoms with Gasteiger partial charge in [0.25, 0.3) is 0 Å². The summed E-state index contributed by atoms with van der Waals surface area (Å²) in [4.78, 5) is 10.9. The highest BCUT2D eigenvalue weighted by molar-refractivity contribution is 6.25. The smallest absolute Gasteiger partial charge is 0.311 e. The minimum absolute atomic E-state index is 0.513. The van der Waals surface area contributed by atoms with E-state index in [-0.39, 0.29) is 0 Å². The third-order valence-corrected chi connectivity index (χ3v) is 2.47. The third kappa shape index (κ3) is 1.79. The van der Waals surface area contributed by atoms with E-state index in [2.05, 4.69) is 5.32 Å². The zero-order chi connectivity index (χ0) is 9.03. The van der Waals surface area contributed by atoms with Crippen LogP contribution in [0, 0.1) is 5.41 Å². The quantitative estimate of drug-likeness (QED) is 0.702. The van der Waals surface area contributed by atoms with Gasteiger partial charge >= 0.3 is 5.97 Å². The van der Waals surface area contributed by atoms with Gasteiger partial charge in [-0.25, -0.2) is 0 Å². The summed E-state index contributed by atoms with van der Waals surface area (Å²) >= 11 is 5.35. The van der Waals surface area contributed by atoms with Crippen LogP contribution >= 0.6 is 11.6 Å². The fourth-order valence-electron chi connectivity index (χ4n) is 1.46. The van der Waals surface area contributed by atoms with Crippen LogP contribution in [0.1, 0.15) is 12.8 Å². The average molecular weight is 190 g/mol. The summed E-state index contributed by atoms with van der Waals surface area (Å²) in [5.74, 6) is -0.734. The van der Waals surface area contributed by atoms with Crippen molar-refractivity contribution in [2.45, 2.75) is 12.8 Å². The number of allylic oxidation sites excluding steroid dienone is 1. The Morgan fingerprint density at radius 2 is 2.50 bits per heavy atom. The van der Waals surface area contributed by atoms with Crippen molar-refractivity contribution in [3.63, 3.8) is 0 Å². The van der Waals surface area contributed by atoms with Crippen LogP contribution in [0.2, 0.25) is 0 Å². The molecule has 0 aromatic carbocycles. The van der Waals surface area contributed by atoms with Gasteiger partial charge in [-0.05, 0) is 19.4 Å². The van der Waals surface area contributed by atoms with Crippen LogP contribution in [0.25, 0.3) is 0 Å². The van der Waals surface area contributed by atoms with Crippen LogP contribution in [0.15, 0.2) is 11.6 Å². The Morgan fingerprint density at radius 1 is 1.75 bits per heavy atom. The van der Waals surface area contributed by atoms with Crippen LogP contribution in [-0.2, 0) is 4.79 Å². The van der Waals surface area contributed by atoms with Crippen molar-refractivity contribution in [1.29, 1.82) is 0 Å². The number of hydrogen-bond acceptors (Lipinski definition) is 2. The number of rotatable bonds is 3. The molecule has 0 saturated carbocycles. The van der Waals surface area contributed by atoms with E-state index < -0.39 is 11.4 Å². The highest BCUT2D eigenvalue weighted by Crippen LogP contribution is 2.30. The standard InChI is InChI=1S/C8H12ClNO2/c9-4-1-2-8(7(11)12)3-5-10-6-8/h1,4,10H,2-3,5-6H2,(H,11,12)/b4-1+. The van der Waals surface area contributed by atoms with Crippen molar-refractivity contribution in [3.8, 4) is 0 Å². The molecule has 1 fully saturated rings. The molecule has 1 heterocycles. The lowest BCUT2D eigenvalue weighted by Crippen LogP contribution is -2.32. The lowest BCUT2D eigenvalue weighted by Gasteiger charge is -2.20. The Hall–Kier alpha value is -0.540. The number of halogens is 1. The van der Waals surface area contributed by atoms with Crippen LogP contribution in [0.5, 0.6) is 0 Å². The number of carbonyl (C=O) groups is 1.